The van der Waals surface area contributed by atoms with Crippen LogP contribution in [0.1, 0.15) is 43.2 Å². The van der Waals surface area contributed by atoms with E-state index in [4.69, 9.17) is 0 Å². The Morgan fingerprint density at radius 3 is 1.00 bits per heavy atom. The molecule has 0 amide bonds. The lowest BCUT2D eigenvalue weighted by atomic mass is 9.13. The summed E-state index contributed by atoms with van der Waals surface area (Å²) in [4.78, 5) is 0. The standard InChI is InChI=1S/C24H20B.C20H25P/c1-5-13-21(14-6-1)25(22-15-7-2-8-16-22,23-17-9-3-10-18-23)24-19-11-4-12-20-24;1-16-8-12-19(13-9-16)21(18-6-4-3-5-7-18)20-14-10-17(2)11-15-20/h1-20H;8-15,18H,3-7H2,1-2H3/q-1;/p+1. The monoisotopic (exact) mass is 616 g/mol. The van der Waals surface area contributed by atoms with Crippen LogP contribution in [0.4, 0.5) is 0 Å². The van der Waals surface area contributed by atoms with Crippen molar-refractivity contribution in [3.05, 3.63) is 181 Å². The Bertz CT molecular complexity index is 1530. The molecule has 1 saturated carbocycles. The topological polar surface area (TPSA) is 0 Å². The first-order valence-electron chi connectivity index (χ1n) is 17.0. The van der Waals surface area contributed by atoms with Crippen molar-refractivity contribution in [2.24, 2.45) is 0 Å². The molecular weight excluding hydrogens is 570 g/mol. The van der Waals surface area contributed by atoms with E-state index in [1.165, 1.54) is 65.1 Å². The Hall–Kier alpha value is -4.19. The van der Waals surface area contributed by atoms with Crippen LogP contribution in [0.15, 0.2) is 170 Å². The molecule has 0 atom stereocenters. The maximum Gasteiger partial charge on any atom is 0.108 e. The first-order chi connectivity index (χ1) is 22.7. The number of hydrogen-bond acceptors (Lipinski definition) is 0. The van der Waals surface area contributed by atoms with Crippen molar-refractivity contribution in [2.75, 3.05) is 0 Å². The van der Waals surface area contributed by atoms with Gasteiger partial charge in [0.1, 0.15) is 6.15 Å². The van der Waals surface area contributed by atoms with Gasteiger partial charge in [0.25, 0.3) is 0 Å². The van der Waals surface area contributed by atoms with E-state index in [9.17, 15) is 0 Å². The maximum absolute atomic E-state index is 2.39. The summed E-state index contributed by atoms with van der Waals surface area (Å²) in [6.07, 6.45) is 5.93. The molecule has 0 nitrogen and oxygen atoms in total. The third-order valence-electron chi connectivity index (χ3n) is 9.94. The molecule has 1 aliphatic carbocycles. The molecule has 0 heterocycles. The molecule has 0 saturated heterocycles. The van der Waals surface area contributed by atoms with Crippen molar-refractivity contribution in [1.82, 2.24) is 0 Å². The summed E-state index contributed by atoms with van der Waals surface area (Å²) in [5.74, 6) is 0. The Balaban J connectivity index is 0.000000164. The lowest BCUT2D eigenvalue weighted by Crippen LogP contribution is -2.74. The van der Waals surface area contributed by atoms with Crippen LogP contribution in [0, 0.1) is 13.8 Å². The normalized spacial score (nSPS) is 13.5. The highest BCUT2D eigenvalue weighted by Gasteiger charge is 2.34. The molecule has 0 bridgehead atoms. The van der Waals surface area contributed by atoms with Crippen molar-refractivity contribution in [1.29, 1.82) is 0 Å². The van der Waals surface area contributed by atoms with Gasteiger partial charge in [-0.2, -0.15) is 21.9 Å². The molecule has 1 aliphatic rings. The van der Waals surface area contributed by atoms with E-state index in [2.05, 4.69) is 184 Å². The molecule has 0 aromatic heterocycles. The van der Waals surface area contributed by atoms with Gasteiger partial charge in [0.15, 0.2) is 0 Å². The van der Waals surface area contributed by atoms with E-state index in [1.807, 2.05) is 0 Å². The Kier molecular flexibility index (Phi) is 10.6. The second-order valence-corrected chi connectivity index (χ2v) is 15.8. The van der Waals surface area contributed by atoms with E-state index in [1.54, 1.807) is 10.6 Å². The summed E-state index contributed by atoms with van der Waals surface area (Å²) in [5, 5.41) is 3.20. The Labute approximate surface area is 278 Å². The highest BCUT2D eigenvalue weighted by atomic mass is 31.1. The van der Waals surface area contributed by atoms with Crippen LogP contribution in [-0.4, -0.2) is 11.8 Å². The van der Waals surface area contributed by atoms with E-state index < -0.39 is 14.1 Å². The fourth-order valence-corrected chi connectivity index (χ4v) is 10.9. The smallest absolute Gasteiger partial charge is 0.108 e. The molecular formula is C44H46BP. The molecule has 230 valence electrons. The molecule has 6 aromatic carbocycles. The highest BCUT2D eigenvalue weighted by molar-refractivity contribution is 7.73. The third kappa shape index (κ3) is 7.12. The van der Waals surface area contributed by atoms with Crippen LogP contribution < -0.4 is 32.5 Å². The predicted octanol–water partition coefficient (Wildman–Crippen LogP) is 7.87. The van der Waals surface area contributed by atoms with Crippen LogP contribution in [0.3, 0.4) is 0 Å². The second-order valence-electron chi connectivity index (χ2n) is 13.0. The van der Waals surface area contributed by atoms with Gasteiger partial charge in [-0.15, -0.1) is 0 Å². The maximum atomic E-state index is 2.39. The van der Waals surface area contributed by atoms with Gasteiger partial charge in [0, 0.05) is 0 Å². The van der Waals surface area contributed by atoms with Crippen molar-refractivity contribution in [3.8, 4) is 0 Å². The summed E-state index contributed by atoms with van der Waals surface area (Å²) in [6.45, 7) is 4.37. The molecule has 0 N–H and O–H groups in total. The van der Waals surface area contributed by atoms with Gasteiger partial charge in [0.05, 0.1) is 24.2 Å². The minimum atomic E-state index is -1.22. The SMILES string of the molecule is Cc1ccc([PH+](c2ccc(C)cc2)C2CCCCC2)cc1.c1ccc([B-](c2ccccc2)(c2ccccc2)c2ccccc2)cc1. The van der Waals surface area contributed by atoms with Gasteiger partial charge < -0.3 is 0 Å². The van der Waals surface area contributed by atoms with Crippen LogP contribution in [0.2, 0.25) is 0 Å². The Morgan fingerprint density at radius 1 is 0.391 bits per heavy atom. The molecule has 7 rings (SSSR count). The Morgan fingerprint density at radius 2 is 0.696 bits per heavy atom. The number of rotatable bonds is 7. The molecule has 6 aromatic rings. The van der Waals surface area contributed by atoms with Crippen molar-refractivity contribution in [3.63, 3.8) is 0 Å². The fraction of sp³-hybridized carbons (Fsp3) is 0.182. The second kappa shape index (κ2) is 15.4. The fourth-order valence-electron chi connectivity index (χ4n) is 7.62. The highest BCUT2D eigenvalue weighted by Crippen LogP contribution is 2.46. The molecule has 1 fully saturated rings. The quantitative estimate of drug-likeness (QED) is 0.127. The zero-order valence-electron chi connectivity index (χ0n) is 27.4. The van der Waals surface area contributed by atoms with Gasteiger partial charge in [0.2, 0.25) is 0 Å². The van der Waals surface area contributed by atoms with Crippen molar-refractivity contribution < 1.29 is 0 Å². The molecule has 46 heavy (non-hydrogen) atoms. The average Bonchev–Trinajstić information content (AvgIpc) is 3.13. The van der Waals surface area contributed by atoms with E-state index in [-0.39, 0.29) is 0 Å². The number of benzene rings is 6. The predicted molar refractivity (Wildman–Crippen MR) is 207 cm³/mol. The zero-order valence-corrected chi connectivity index (χ0v) is 28.4. The van der Waals surface area contributed by atoms with Crippen LogP contribution in [-0.2, 0) is 0 Å². The molecule has 0 radical (unpaired) electrons. The van der Waals surface area contributed by atoms with Crippen molar-refractivity contribution in [2.45, 2.75) is 51.6 Å². The van der Waals surface area contributed by atoms with E-state index in [0.29, 0.717) is 0 Å². The molecule has 0 unspecified atom stereocenters. The first-order valence-corrected chi connectivity index (χ1v) is 18.6. The summed E-state index contributed by atoms with van der Waals surface area (Å²) in [7, 11) is -0.633. The summed E-state index contributed by atoms with van der Waals surface area (Å²) in [5.41, 5.74) is 9.00. The number of aryl methyl sites for hydroxylation is 2. The first kappa shape index (κ1) is 31.8. The lowest BCUT2D eigenvalue weighted by Gasteiger charge is -2.44. The van der Waals surface area contributed by atoms with Gasteiger partial charge in [-0.05, 0) is 63.8 Å². The summed E-state index contributed by atoms with van der Waals surface area (Å²) >= 11 is 0. The number of hydrogen-bond donors (Lipinski definition) is 0. The van der Waals surface area contributed by atoms with E-state index >= 15 is 0 Å². The van der Waals surface area contributed by atoms with Crippen LogP contribution in [0.25, 0.3) is 0 Å². The summed E-state index contributed by atoms with van der Waals surface area (Å²) in [6, 6.07) is 62.2. The van der Waals surface area contributed by atoms with Gasteiger partial charge >= 0.3 is 0 Å². The van der Waals surface area contributed by atoms with Crippen LogP contribution in [0.5, 0.6) is 0 Å². The molecule has 2 heteroatoms. The van der Waals surface area contributed by atoms with Crippen LogP contribution >= 0.6 is 7.92 Å². The van der Waals surface area contributed by atoms with Crippen molar-refractivity contribution >= 4 is 46.5 Å². The van der Waals surface area contributed by atoms with E-state index in [0.717, 1.165) is 5.66 Å². The minimum absolute atomic E-state index is 0.633. The van der Waals surface area contributed by atoms with Gasteiger partial charge in [-0.25, -0.2) is 0 Å². The largest absolute Gasteiger partial charge is 0.195 e. The minimum Gasteiger partial charge on any atom is -0.195 e. The summed E-state index contributed by atoms with van der Waals surface area (Å²) < 4.78 is 0. The van der Waals surface area contributed by atoms with Gasteiger partial charge in [-0.1, -0.05) is 163 Å². The van der Waals surface area contributed by atoms with Gasteiger partial charge in [-0.3, -0.25) is 0 Å². The zero-order chi connectivity index (χ0) is 31.6. The average molecular weight is 617 g/mol. The molecule has 0 aliphatic heterocycles. The molecule has 0 spiro atoms. The lowest BCUT2D eigenvalue weighted by molar-refractivity contribution is 0.513. The third-order valence-corrected chi connectivity index (χ3v) is 13.2.